The van der Waals surface area contributed by atoms with E-state index in [1.165, 1.54) is 11.1 Å². The third-order valence-electron chi connectivity index (χ3n) is 2.82. The molecule has 3 rings (SSSR count). The van der Waals surface area contributed by atoms with Crippen LogP contribution < -0.4 is 9.47 Å². The molecule has 78 valence electrons. The first-order valence-electron chi connectivity index (χ1n) is 5.13. The SMILES string of the molecule is CC1N=NCCc2cc3c(cc21)OCO3. The van der Waals surface area contributed by atoms with Crippen LogP contribution in [0.4, 0.5) is 0 Å². The van der Waals surface area contributed by atoms with Crippen LogP contribution in [-0.2, 0) is 6.42 Å². The van der Waals surface area contributed by atoms with Crippen molar-refractivity contribution >= 4 is 0 Å². The van der Waals surface area contributed by atoms with Crippen molar-refractivity contribution in [3.05, 3.63) is 23.3 Å². The van der Waals surface area contributed by atoms with Crippen molar-refractivity contribution in [1.29, 1.82) is 0 Å². The van der Waals surface area contributed by atoms with E-state index in [0.29, 0.717) is 6.79 Å². The third kappa shape index (κ3) is 1.37. The fraction of sp³-hybridized carbons (Fsp3) is 0.455. The van der Waals surface area contributed by atoms with E-state index in [0.717, 1.165) is 24.5 Å². The van der Waals surface area contributed by atoms with Crippen LogP contribution in [0.1, 0.15) is 24.1 Å². The molecule has 2 aliphatic heterocycles. The van der Waals surface area contributed by atoms with Gasteiger partial charge in [0.05, 0.1) is 12.6 Å². The average Bonchev–Trinajstić information content (AvgIpc) is 2.62. The molecule has 0 radical (unpaired) electrons. The van der Waals surface area contributed by atoms with Gasteiger partial charge < -0.3 is 9.47 Å². The summed E-state index contributed by atoms with van der Waals surface area (Å²) >= 11 is 0. The Bertz CT molecular complexity index is 429. The predicted molar refractivity (Wildman–Crippen MR) is 54.4 cm³/mol. The largest absolute Gasteiger partial charge is 0.454 e. The number of rotatable bonds is 0. The lowest BCUT2D eigenvalue weighted by Gasteiger charge is -2.10. The number of fused-ring (bicyclic) bond motifs is 2. The summed E-state index contributed by atoms with van der Waals surface area (Å²) in [6.07, 6.45) is 0.930. The Morgan fingerprint density at radius 2 is 2.07 bits per heavy atom. The van der Waals surface area contributed by atoms with Crippen LogP contribution in [0.25, 0.3) is 0 Å². The molecule has 0 fully saturated rings. The van der Waals surface area contributed by atoms with E-state index < -0.39 is 0 Å². The van der Waals surface area contributed by atoms with Crippen LogP contribution >= 0.6 is 0 Å². The highest BCUT2D eigenvalue weighted by atomic mass is 16.7. The fourth-order valence-corrected chi connectivity index (χ4v) is 2.02. The molecule has 0 spiro atoms. The van der Waals surface area contributed by atoms with E-state index in [1.54, 1.807) is 0 Å². The van der Waals surface area contributed by atoms with E-state index in [9.17, 15) is 0 Å². The van der Waals surface area contributed by atoms with Crippen molar-refractivity contribution in [2.24, 2.45) is 10.2 Å². The van der Waals surface area contributed by atoms with Crippen LogP contribution in [0.5, 0.6) is 11.5 Å². The molecule has 4 heteroatoms. The summed E-state index contributed by atoms with van der Waals surface area (Å²) < 4.78 is 10.7. The molecule has 0 saturated carbocycles. The Morgan fingerprint density at radius 1 is 1.27 bits per heavy atom. The molecule has 0 saturated heterocycles. The number of ether oxygens (including phenoxy) is 2. The number of nitrogens with zero attached hydrogens (tertiary/aromatic N) is 2. The van der Waals surface area contributed by atoms with Crippen molar-refractivity contribution < 1.29 is 9.47 Å². The average molecular weight is 204 g/mol. The Hall–Kier alpha value is -1.58. The zero-order valence-corrected chi connectivity index (χ0v) is 8.56. The van der Waals surface area contributed by atoms with Crippen molar-refractivity contribution in [1.82, 2.24) is 0 Å². The van der Waals surface area contributed by atoms with Crippen LogP contribution in [0.3, 0.4) is 0 Å². The molecule has 0 N–H and O–H groups in total. The van der Waals surface area contributed by atoms with Gasteiger partial charge in [-0.15, -0.1) is 0 Å². The highest BCUT2D eigenvalue weighted by Crippen LogP contribution is 2.38. The lowest BCUT2D eigenvalue weighted by atomic mass is 9.99. The van der Waals surface area contributed by atoms with E-state index in [-0.39, 0.29) is 6.04 Å². The minimum Gasteiger partial charge on any atom is -0.454 e. The Morgan fingerprint density at radius 3 is 2.93 bits per heavy atom. The summed E-state index contributed by atoms with van der Waals surface area (Å²) in [6.45, 7) is 3.14. The molecular formula is C11H12N2O2. The molecular weight excluding hydrogens is 192 g/mol. The normalized spacial score (nSPS) is 22.3. The van der Waals surface area contributed by atoms with Crippen LogP contribution in [0.15, 0.2) is 22.4 Å². The van der Waals surface area contributed by atoms with Gasteiger partial charge in [0.2, 0.25) is 6.79 Å². The van der Waals surface area contributed by atoms with Crippen LogP contribution in [0.2, 0.25) is 0 Å². The quantitative estimate of drug-likeness (QED) is 0.651. The van der Waals surface area contributed by atoms with Gasteiger partial charge >= 0.3 is 0 Å². The molecule has 0 amide bonds. The molecule has 1 aromatic carbocycles. The van der Waals surface area contributed by atoms with E-state index in [2.05, 4.69) is 23.2 Å². The second-order valence-electron chi connectivity index (χ2n) is 3.81. The Labute approximate surface area is 87.9 Å². The molecule has 0 aliphatic carbocycles. The topological polar surface area (TPSA) is 43.2 Å². The molecule has 4 nitrogen and oxygen atoms in total. The number of hydrogen-bond donors (Lipinski definition) is 0. The summed E-state index contributed by atoms with van der Waals surface area (Å²) in [5, 5.41) is 8.33. The lowest BCUT2D eigenvalue weighted by Crippen LogP contribution is -1.96. The van der Waals surface area contributed by atoms with Gasteiger partial charge in [-0.2, -0.15) is 10.2 Å². The van der Waals surface area contributed by atoms with Crippen LogP contribution in [0, 0.1) is 0 Å². The van der Waals surface area contributed by atoms with Crippen molar-refractivity contribution in [2.75, 3.05) is 13.3 Å². The van der Waals surface area contributed by atoms with Crippen molar-refractivity contribution in [3.63, 3.8) is 0 Å². The van der Waals surface area contributed by atoms with E-state index in [1.807, 2.05) is 6.07 Å². The summed E-state index contributed by atoms with van der Waals surface area (Å²) in [5.41, 5.74) is 2.48. The molecule has 15 heavy (non-hydrogen) atoms. The molecule has 1 unspecified atom stereocenters. The molecule has 2 heterocycles. The molecule has 2 aliphatic rings. The second-order valence-corrected chi connectivity index (χ2v) is 3.81. The maximum Gasteiger partial charge on any atom is 0.231 e. The third-order valence-corrected chi connectivity index (χ3v) is 2.82. The summed E-state index contributed by atoms with van der Waals surface area (Å²) in [7, 11) is 0. The summed E-state index contributed by atoms with van der Waals surface area (Å²) in [6, 6.07) is 4.22. The highest BCUT2D eigenvalue weighted by molar-refractivity contribution is 5.50. The smallest absolute Gasteiger partial charge is 0.231 e. The van der Waals surface area contributed by atoms with Gasteiger partial charge in [0.25, 0.3) is 0 Å². The number of benzene rings is 1. The molecule has 0 bridgehead atoms. The minimum atomic E-state index is 0.122. The van der Waals surface area contributed by atoms with Gasteiger partial charge in [0.15, 0.2) is 11.5 Å². The van der Waals surface area contributed by atoms with E-state index >= 15 is 0 Å². The van der Waals surface area contributed by atoms with E-state index in [4.69, 9.17) is 9.47 Å². The van der Waals surface area contributed by atoms with Crippen molar-refractivity contribution in [2.45, 2.75) is 19.4 Å². The Balaban J connectivity index is 2.13. The van der Waals surface area contributed by atoms with Gasteiger partial charge in [0, 0.05) is 0 Å². The van der Waals surface area contributed by atoms with Gasteiger partial charge in [-0.05, 0) is 36.6 Å². The first-order valence-corrected chi connectivity index (χ1v) is 5.13. The first-order chi connectivity index (χ1) is 7.34. The zero-order chi connectivity index (χ0) is 10.3. The Kier molecular flexibility index (Phi) is 1.87. The molecule has 0 aromatic heterocycles. The molecule has 1 aromatic rings. The minimum absolute atomic E-state index is 0.122. The number of azo groups is 1. The lowest BCUT2D eigenvalue weighted by molar-refractivity contribution is 0.174. The standard InChI is InChI=1S/C11H12N2O2/c1-7-9-5-11-10(14-6-15-11)4-8(9)2-3-12-13-7/h4-5,7H,2-3,6H2,1H3. The maximum absolute atomic E-state index is 5.36. The number of hydrogen-bond acceptors (Lipinski definition) is 4. The fourth-order valence-electron chi connectivity index (χ4n) is 2.02. The monoisotopic (exact) mass is 204 g/mol. The zero-order valence-electron chi connectivity index (χ0n) is 8.56. The van der Waals surface area contributed by atoms with Crippen molar-refractivity contribution in [3.8, 4) is 11.5 Å². The van der Waals surface area contributed by atoms with Crippen LogP contribution in [-0.4, -0.2) is 13.3 Å². The summed E-state index contributed by atoms with van der Waals surface area (Å²) in [5.74, 6) is 1.68. The first kappa shape index (κ1) is 8.71. The van der Waals surface area contributed by atoms with Gasteiger partial charge in [-0.1, -0.05) is 0 Å². The maximum atomic E-state index is 5.36. The predicted octanol–water partition coefficient (Wildman–Crippen LogP) is 2.48. The second kappa shape index (κ2) is 3.22. The molecule has 1 atom stereocenters. The highest BCUT2D eigenvalue weighted by Gasteiger charge is 2.20. The van der Waals surface area contributed by atoms with Gasteiger partial charge in [-0.3, -0.25) is 0 Å². The summed E-state index contributed by atoms with van der Waals surface area (Å²) in [4.78, 5) is 0. The van der Waals surface area contributed by atoms with Gasteiger partial charge in [-0.25, -0.2) is 0 Å². The van der Waals surface area contributed by atoms with Gasteiger partial charge in [0.1, 0.15) is 0 Å².